The smallest absolute Gasteiger partial charge is 0.00752 e. The summed E-state index contributed by atoms with van der Waals surface area (Å²) in [5, 5.41) is 0.967. The third-order valence-corrected chi connectivity index (χ3v) is 5.82. The van der Waals surface area contributed by atoms with Gasteiger partial charge in [-0.1, -0.05) is 59.3 Å². The molecule has 0 heterocycles. The van der Waals surface area contributed by atoms with Crippen LogP contribution in [0.2, 0.25) is 0 Å². The Morgan fingerprint density at radius 3 is 2.41 bits per heavy atom. The molecule has 0 bridgehead atoms. The average Bonchev–Trinajstić information content (AvgIpc) is 2.32. The number of rotatable bonds is 8. The normalized spacial score (nSPS) is 29.5. The Labute approximate surface area is 113 Å². The third-order valence-electron chi connectivity index (χ3n) is 4.21. The standard InChI is InChI=1S/C16H32S/c1-4-5-6-7-8-9-12-17-16-13-14(2)10-11-15(16)3/h14-16H,4-13H2,1-3H3. The number of hydrogen-bond donors (Lipinski definition) is 0. The molecule has 0 radical (unpaired) electrons. The first-order valence-corrected chi connectivity index (χ1v) is 8.90. The zero-order chi connectivity index (χ0) is 12.5. The minimum atomic E-state index is 0.967. The summed E-state index contributed by atoms with van der Waals surface area (Å²) in [5.74, 6) is 3.36. The van der Waals surface area contributed by atoms with Crippen LogP contribution in [0.4, 0.5) is 0 Å². The second-order valence-electron chi connectivity index (χ2n) is 6.07. The maximum absolute atomic E-state index is 2.46. The molecule has 0 aromatic rings. The lowest BCUT2D eigenvalue weighted by Crippen LogP contribution is -2.24. The van der Waals surface area contributed by atoms with Crippen LogP contribution in [0, 0.1) is 11.8 Å². The van der Waals surface area contributed by atoms with Gasteiger partial charge in [-0.05, 0) is 36.9 Å². The molecule has 1 fully saturated rings. The van der Waals surface area contributed by atoms with Crippen molar-refractivity contribution in [3.63, 3.8) is 0 Å². The van der Waals surface area contributed by atoms with Crippen LogP contribution in [0.3, 0.4) is 0 Å². The summed E-state index contributed by atoms with van der Waals surface area (Å²) in [6, 6.07) is 0. The van der Waals surface area contributed by atoms with E-state index in [1.54, 1.807) is 0 Å². The highest BCUT2D eigenvalue weighted by molar-refractivity contribution is 7.99. The summed E-state index contributed by atoms with van der Waals surface area (Å²) in [6.07, 6.45) is 13.0. The highest BCUT2D eigenvalue weighted by Crippen LogP contribution is 2.36. The summed E-state index contributed by atoms with van der Waals surface area (Å²) < 4.78 is 0. The zero-order valence-corrected chi connectivity index (χ0v) is 13.0. The lowest BCUT2D eigenvalue weighted by Gasteiger charge is -2.32. The van der Waals surface area contributed by atoms with E-state index in [4.69, 9.17) is 0 Å². The van der Waals surface area contributed by atoms with Crippen LogP contribution in [0.25, 0.3) is 0 Å². The molecule has 1 heteroatoms. The summed E-state index contributed by atoms with van der Waals surface area (Å²) in [5.41, 5.74) is 0. The largest absolute Gasteiger partial charge is 0.158 e. The molecule has 1 rings (SSSR count). The Kier molecular flexibility index (Phi) is 8.43. The summed E-state index contributed by atoms with van der Waals surface area (Å²) in [7, 11) is 0. The molecule has 102 valence electrons. The van der Waals surface area contributed by atoms with Gasteiger partial charge in [-0.25, -0.2) is 0 Å². The van der Waals surface area contributed by atoms with Crippen LogP contribution in [-0.4, -0.2) is 11.0 Å². The van der Waals surface area contributed by atoms with Crippen molar-refractivity contribution < 1.29 is 0 Å². The van der Waals surface area contributed by atoms with E-state index in [1.807, 2.05) is 0 Å². The maximum atomic E-state index is 2.46. The first-order chi connectivity index (χ1) is 8.24. The van der Waals surface area contributed by atoms with Gasteiger partial charge in [0.25, 0.3) is 0 Å². The van der Waals surface area contributed by atoms with Gasteiger partial charge in [-0.15, -0.1) is 0 Å². The van der Waals surface area contributed by atoms with Crippen LogP contribution in [0.5, 0.6) is 0 Å². The van der Waals surface area contributed by atoms with E-state index < -0.39 is 0 Å². The van der Waals surface area contributed by atoms with E-state index in [9.17, 15) is 0 Å². The van der Waals surface area contributed by atoms with Gasteiger partial charge < -0.3 is 0 Å². The van der Waals surface area contributed by atoms with E-state index in [0.29, 0.717) is 0 Å². The number of unbranched alkanes of at least 4 members (excludes halogenated alkanes) is 5. The van der Waals surface area contributed by atoms with Crippen LogP contribution in [-0.2, 0) is 0 Å². The third kappa shape index (κ3) is 6.74. The molecule has 0 amide bonds. The van der Waals surface area contributed by atoms with E-state index in [0.717, 1.165) is 17.1 Å². The van der Waals surface area contributed by atoms with Crippen LogP contribution in [0.15, 0.2) is 0 Å². The molecule has 1 saturated carbocycles. The Morgan fingerprint density at radius 2 is 1.65 bits per heavy atom. The van der Waals surface area contributed by atoms with Gasteiger partial charge in [0.05, 0.1) is 0 Å². The molecule has 0 aromatic carbocycles. The van der Waals surface area contributed by atoms with E-state index >= 15 is 0 Å². The Bertz CT molecular complexity index is 178. The highest BCUT2D eigenvalue weighted by atomic mass is 32.2. The maximum Gasteiger partial charge on any atom is 0.00752 e. The summed E-state index contributed by atoms with van der Waals surface area (Å²) in [4.78, 5) is 0. The molecule has 0 N–H and O–H groups in total. The van der Waals surface area contributed by atoms with Crippen molar-refractivity contribution in [2.75, 3.05) is 5.75 Å². The summed E-state index contributed by atoms with van der Waals surface area (Å²) in [6.45, 7) is 7.19. The van der Waals surface area contributed by atoms with Gasteiger partial charge in [0.2, 0.25) is 0 Å². The molecule has 0 aliphatic heterocycles. The molecule has 1 aliphatic rings. The molecule has 0 spiro atoms. The Morgan fingerprint density at radius 1 is 0.941 bits per heavy atom. The van der Waals surface area contributed by atoms with Crippen molar-refractivity contribution in [2.24, 2.45) is 11.8 Å². The predicted octanol–water partition coefficient (Wildman–Crippen LogP) is 5.90. The molecule has 0 saturated heterocycles. The minimum absolute atomic E-state index is 0.967. The van der Waals surface area contributed by atoms with E-state index in [-0.39, 0.29) is 0 Å². The molecular formula is C16H32S. The molecule has 3 atom stereocenters. The predicted molar refractivity (Wildman–Crippen MR) is 81.8 cm³/mol. The zero-order valence-electron chi connectivity index (χ0n) is 12.2. The topological polar surface area (TPSA) is 0 Å². The van der Waals surface area contributed by atoms with Crippen molar-refractivity contribution in [3.05, 3.63) is 0 Å². The van der Waals surface area contributed by atoms with Gasteiger partial charge >= 0.3 is 0 Å². The minimum Gasteiger partial charge on any atom is -0.158 e. The van der Waals surface area contributed by atoms with Gasteiger partial charge in [-0.3, -0.25) is 0 Å². The Hall–Kier alpha value is 0.350. The fourth-order valence-corrected chi connectivity index (χ4v) is 4.43. The van der Waals surface area contributed by atoms with Crippen molar-refractivity contribution in [1.29, 1.82) is 0 Å². The number of thioether (sulfide) groups is 1. The van der Waals surface area contributed by atoms with Gasteiger partial charge in [0, 0.05) is 5.25 Å². The van der Waals surface area contributed by atoms with Crippen LogP contribution in [0.1, 0.15) is 78.6 Å². The SMILES string of the molecule is CCCCCCCCSC1CC(C)CCC1C. The second kappa shape index (κ2) is 9.30. The molecule has 3 unspecified atom stereocenters. The second-order valence-corrected chi connectivity index (χ2v) is 7.42. The molecule has 0 aromatic heterocycles. The fraction of sp³-hybridized carbons (Fsp3) is 1.00. The van der Waals surface area contributed by atoms with Crippen molar-refractivity contribution >= 4 is 11.8 Å². The number of hydrogen-bond acceptors (Lipinski definition) is 1. The first kappa shape index (κ1) is 15.4. The molecule has 17 heavy (non-hydrogen) atoms. The first-order valence-electron chi connectivity index (χ1n) is 7.85. The van der Waals surface area contributed by atoms with Crippen molar-refractivity contribution in [2.45, 2.75) is 83.8 Å². The quantitative estimate of drug-likeness (QED) is 0.487. The van der Waals surface area contributed by atoms with Crippen LogP contribution < -0.4 is 0 Å². The van der Waals surface area contributed by atoms with Crippen molar-refractivity contribution in [3.8, 4) is 0 Å². The van der Waals surface area contributed by atoms with Crippen molar-refractivity contribution in [1.82, 2.24) is 0 Å². The molecule has 0 nitrogen and oxygen atoms in total. The highest BCUT2D eigenvalue weighted by Gasteiger charge is 2.25. The van der Waals surface area contributed by atoms with Crippen LogP contribution >= 0.6 is 11.8 Å². The van der Waals surface area contributed by atoms with E-state index in [1.165, 1.54) is 63.5 Å². The van der Waals surface area contributed by atoms with Gasteiger partial charge in [0.15, 0.2) is 0 Å². The lowest BCUT2D eigenvalue weighted by molar-refractivity contribution is 0.318. The monoisotopic (exact) mass is 256 g/mol. The van der Waals surface area contributed by atoms with Gasteiger partial charge in [0.1, 0.15) is 0 Å². The summed E-state index contributed by atoms with van der Waals surface area (Å²) >= 11 is 2.27. The average molecular weight is 256 g/mol. The van der Waals surface area contributed by atoms with E-state index in [2.05, 4.69) is 32.5 Å². The molecule has 1 aliphatic carbocycles. The lowest BCUT2D eigenvalue weighted by atomic mass is 9.84. The van der Waals surface area contributed by atoms with Gasteiger partial charge in [-0.2, -0.15) is 11.8 Å². The Balaban J connectivity index is 1.97. The molecular weight excluding hydrogens is 224 g/mol. The fourth-order valence-electron chi connectivity index (χ4n) is 2.83.